The summed E-state index contributed by atoms with van der Waals surface area (Å²) in [6.45, 7) is 6.70. The van der Waals surface area contributed by atoms with E-state index in [4.69, 9.17) is 5.11 Å². The van der Waals surface area contributed by atoms with Gasteiger partial charge in [-0.15, -0.1) is 10.6 Å². The van der Waals surface area contributed by atoms with Crippen LogP contribution >= 0.6 is 0 Å². The Hall–Kier alpha value is 0.00247. The maximum Gasteiger partial charge on any atom is 0.303 e. The number of carboxylic acid groups (broad SMARTS) is 1. The first kappa shape index (κ1) is 17.4. The number of hydrogen-bond acceptors (Lipinski definition) is 1. The molecule has 0 amide bonds. The zero-order valence-corrected chi connectivity index (χ0v) is 12.1. The van der Waals surface area contributed by atoms with Crippen LogP contribution in [0.5, 0.6) is 0 Å². The summed E-state index contributed by atoms with van der Waals surface area (Å²) >= 11 is 0.432. The minimum atomic E-state index is -0.670. The summed E-state index contributed by atoms with van der Waals surface area (Å²) in [6.07, 6.45) is 5.88. The van der Waals surface area contributed by atoms with Crippen LogP contribution in [0.4, 0.5) is 0 Å². The van der Waals surface area contributed by atoms with E-state index < -0.39 is 5.97 Å². The maximum absolute atomic E-state index is 10.0. The summed E-state index contributed by atoms with van der Waals surface area (Å²) < 4.78 is 0. The molecule has 3 heteroatoms. The average Bonchev–Trinajstić information content (AvgIpc) is 2.19. The smallest absolute Gasteiger partial charge is 0.303 e. The van der Waals surface area contributed by atoms with Crippen LogP contribution in [0.15, 0.2) is 0 Å². The van der Waals surface area contributed by atoms with Crippen LogP contribution in [-0.2, 0) is 4.79 Å². The molecule has 0 aliphatic carbocycles. The van der Waals surface area contributed by atoms with E-state index in [1.54, 1.807) is 0 Å². The van der Waals surface area contributed by atoms with Crippen LogP contribution in [-0.4, -0.2) is 26.3 Å². The molecular formula is C12H27AlO2. The molecule has 0 aromatic carbocycles. The Balaban J connectivity index is 0. The fourth-order valence-electron chi connectivity index (χ4n) is 1.23. The van der Waals surface area contributed by atoms with Gasteiger partial charge >= 0.3 is 5.97 Å². The van der Waals surface area contributed by atoms with Gasteiger partial charge in [-0.1, -0.05) is 46.5 Å². The van der Waals surface area contributed by atoms with Crippen LogP contribution in [0.1, 0.15) is 59.3 Å². The van der Waals surface area contributed by atoms with E-state index in [1.807, 2.05) is 0 Å². The number of carbonyl (C=O) groups is 1. The molecule has 0 spiro atoms. The van der Waals surface area contributed by atoms with Gasteiger partial charge in [0, 0.05) is 6.42 Å². The molecule has 1 N–H and O–H groups in total. The molecule has 90 valence electrons. The fraction of sp³-hybridized carbons (Fsp3) is 0.917. The van der Waals surface area contributed by atoms with Crippen LogP contribution in [0.3, 0.4) is 0 Å². The Morgan fingerprint density at radius 1 is 1.00 bits per heavy atom. The first-order chi connectivity index (χ1) is 7.18. The van der Waals surface area contributed by atoms with Crippen molar-refractivity contribution in [1.29, 1.82) is 0 Å². The first-order valence-corrected chi connectivity index (χ1v) is 8.40. The second kappa shape index (κ2) is 16.4. The van der Waals surface area contributed by atoms with Gasteiger partial charge in [0.05, 0.1) is 0 Å². The lowest BCUT2D eigenvalue weighted by Crippen LogP contribution is -1.93. The summed E-state index contributed by atoms with van der Waals surface area (Å²) in [6, 6.07) is 0. The Labute approximate surface area is 101 Å². The lowest BCUT2D eigenvalue weighted by Gasteiger charge is -1.95. The van der Waals surface area contributed by atoms with E-state index in [1.165, 1.54) is 29.8 Å². The van der Waals surface area contributed by atoms with Gasteiger partial charge < -0.3 is 5.11 Å². The molecule has 0 saturated carbocycles. The minimum Gasteiger partial charge on any atom is -0.481 e. The van der Waals surface area contributed by atoms with Crippen molar-refractivity contribution in [3.63, 3.8) is 0 Å². The SMILES string of the molecule is CCCCCCCC(=O)O.C[CH2][AlH][CH2]C. The lowest BCUT2D eigenvalue weighted by molar-refractivity contribution is -0.137. The predicted octanol–water partition coefficient (Wildman–Crippen LogP) is 3.73. The average molecular weight is 230 g/mol. The van der Waals surface area contributed by atoms with Crippen LogP contribution < -0.4 is 0 Å². The summed E-state index contributed by atoms with van der Waals surface area (Å²) in [7, 11) is 0. The molecule has 0 heterocycles. The van der Waals surface area contributed by atoms with Gasteiger partial charge in [0.15, 0.2) is 0 Å². The van der Waals surface area contributed by atoms with Gasteiger partial charge in [-0.2, -0.15) is 0 Å². The number of rotatable bonds is 8. The molecule has 2 nitrogen and oxygen atoms in total. The topological polar surface area (TPSA) is 37.3 Å². The van der Waals surface area contributed by atoms with E-state index in [2.05, 4.69) is 20.8 Å². The number of carboxylic acids is 1. The molecule has 15 heavy (non-hydrogen) atoms. The number of aliphatic carboxylic acids is 1. The molecular weight excluding hydrogens is 203 g/mol. The Kier molecular flexibility index (Phi) is 19.1. The maximum atomic E-state index is 10.0. The van der Waals surface area contributed by atoms with Crippen molar-refractivity contribution in [2.75, 3.05) is 0 Å². The largest absolute Gasteiger partial charge is 0.481 e. The summed E-state index contributed by atoms with van der Waals surface area (Å²) in [5.74, 6) is -0.670. The molecule has 0 saturated heterocycles. The van der Waals surface area contributed by atoms with Crippen molar-refractivity contribution in [3.8, 4) is 0 Å². The number of unbranched alkanes of at least 4 members (excludes halogenated alkanes) is 4. The van der Waals surface area contributed by atoms with Gasteiger partial charge in [0.25, 0.3) is 0 Å². The second-order valence-corrected chi connectivity index (χ2v) is 6.62. The zero-order chi connectivity index (χ0) is 11.9. The molecule has 0 rings (SSSR count). The molecule has 0 aliphatic rings. The zero-order valence-electron chi connectivity index (χ0n) is 10.7. The van der Waals surface area contributed by atoms with Crippen molar-refractivity contribution in [3.05, 3.63) is 0 Å². The summed E-state index contributed by atoms with van der Waals surface area (Å²) in [4.78, 5) is 10.0. The van der Waals surface area contributed by atoms with Gasteiger partial charge in [0.1, 0.15) is 0 Å². The van der Waals surface area contributed by atoms with E-state index >= 15 is 0 Å². The highest BCUT2D eigenvalue weighted by atomic mass is 27.1. The van der Waals surface area contributed by atoms with Crippen LogP contribution in [0, 0.1) is 0 Å². The molecule has 0 aromatic rings. The first-order valence-electron chi connectivity index (χ1n) is 6.40. The molecule has 0 unspecified atom stereocenters. The van der Waals surface area contributed by atoms with Crippen molar-refractivity contribution in [2.45, 2.75) is 69.9 Å². The highest BCUT2D eigenvalue weighted by Gasteiger charge is 1.94. The molecule has 0 fully saturated rings. The van der Waals surface area contributed by atoms with Gasteiger partial charge in [-0.05, 0) is 6.42 Å². The van der Waals surface area contributed by atoms with Gasteiger partial charge in [-0.25, -0.2) is 0 Å². The van der Waals surface area contributed by atoms with E-state index in [-0.39, 0.29) is 0 Å². The second-order valence-electron chi connectivity index (χ2n) is 3.91. The van der Waals surface area contributed by atoms with Crippen LogP contribution in [0.2, 0.25) is 10.6 Å². The molecule has 0 atom stereocenters. The molecule has 0 radical (unpaired) electrons. The van der Waals surface area contributed by atoms with Crippen molar-refractivity contribution in [2.24, 2.45) is 0 Å². The molecule has 0 bridgehead atoms. The van der Waals surface area contributed by atoms with E-state index in [9.17, 15) is 4.79 Å². The Bertz CT molecular complexity index is 125. The Morgan fingerprint density at radius 3 is 1.87 bits per heavy atom. The van der Waals surface area contributed by atoms with Gasteiger partial charge in [0.2, 0.25) is 15.2 Å². The minimum absolute atomic E-state index is 0.337. The molecule has 0 aliphatic heterocycles. The fourth-order valence-corrected chi connectivity index (χ4v) is 1.94. The monoisotopic (exact) mass is 230 g/mol. The standard InChI is InChI=1S/C8H16O2.2C2H5.Al.H/c1-2-3-4-5-6-7-8(9)10;2*1-2;;/h2-7H2,1H3,(H,9,10);2*1H2,2H3;;. The van der Waals surface area contributed by atoms with Crippen molar-refractivity contribution < 1.29 is 9.90 Å². The number of hydrogen-bond donors (Lipinski definition) is 1. The predicted molar refractivity (Wildman–Crippen MR) is 69.1 cm³/mol. The quantitative estimate of drug-likeness (QED) is 0.509. The highest BCUT2D eigenvalue weighted by Crippen LogP contribution is 2.04. The summed E-state index contributed by atoms with van der Waals surface area (Å²) in [5, 5.41) is 11.2. The normalized spacial score (nSPS) is 9.00. The Morgan fingerprint density at radius 2 is 1.53 bits per heavy atom. The molecule has 0 aromatic heterocycles. The summed E-state index contributed by atoms with van der Waals surface area (Å²) in [5.41, 5.74) is 0. The third-order valence-electron chi connectivity index (χ3n) is 2.20. The van der Waals surface area contributed by atoms with Gasteiger partial charge in [-0.3, -0.25) is 4.79 Å². The third-order valence-corrected chi connectivity index (χ3v) is 3.62. The highest BCUT2D eigenvalue weighted by molar-refractivity contribution is 6.34. The van der Waals surface area contributed by atoms with E-state index in [0.29, 0.717) is 21.6 Å². The van der Waals surface area contributed by atoms with Crippen molar-refractivity contribution in [1.82, 2.24) is 0 Å². The van der Waals surface area contributed by atoms with E-state index in [0.717, 1.165) is 12.8 Å². The third kappa shape index (κ3) is 24.9. The lowest BCUT2D eigenvalue weighted by atomic mass is 10.1. The van der Waals surface area contributed by atoms with Crippen molar-refractivity contribution >= 4 is 21.2 Å². The van der Waals surface area contributed by atoms with Crippen LogP contribution in [0.25, 0.3) is 0 Å².